The summed E-state index contributed by atoms with van der Waals surface area (Å²) < 4.78 is 90.8. The molecule has 142 valence electrons. The van der Waals surface area contributed by atoms with Crippen LogP contribution in [-0.4, -0.2) is 48.9 Å². The summed E-state index contributed by atoms with van der Waals surface area (Å²) in [5.74, 6) is -5.84. The number of ether oxygens (including phenoxy) is 2. The summed E-state index contributed by atoms with van der Waals surface area (Å²) in [5, 5.41) is -5.64. The summed E-state index contributed by atoms with van der Waals surface area (Å²) in [5.41, 5.74) is -0.595. The van der Waals surface area contributed by atoms with Gasteiger partial charge in [0.25, 0.3) is 0 Å². The average Bonchev–Trinajstić information content (AvgIpc) is 2.91. The van der Waals surface area contributed by atoms with Crippen molar-refractivity contribution in [1.82, 2.24) is 0 Å². The molecule has 0 unspecified atom stereocenters. The lowest BCUT2D eigenvalue weighted by molar-refractivity contribution is -0.177. The second kappa shape index (κ2) is 7.52. The first-order chi connectivity index (χ1) is 10.9. The highest BCUT2D eigenvalue weighted by atomic mass is 32.2. The van der Waals surface area contributed by atoms with Crippen LogP contribution in [0.4, 0.5) is 17.6 Å². The molecule has 1 aliphatic rings. The van der Waals surface area contributed by atoms with Crippen LogP contribution in [0, 0.1) is 0 Å². The molecule has 1 aliphatic carbocycles. The highest BCUT2D eigenvalue weighted by Gasteiger charge is 2.65. The highest BCUT2D eigenvalue weighted by Crippen LogP contribution is 2.40. The lowest BCUT2D eigenvalue weighted by Gasteiger charge is -2.27. The van der Waals surface area contributed by atoms with E-state index in [1.54, 1.807) is 0 Å². The van der Waals surface area contributed by atoms with E-state index in [-0.39, 0.29) is 0 Å². The molecule has 0 aliphatic heterocycles. The molecule has 0 aromatic heterocycles. The molecule has 0 spiro atoms. The van der Waals surface area contributed by atoms with Crippen LogP contribution in [-0.2, 0) is 24.4 Å². The Bertz CT molecular complexity index is 543. The Morgan fingerprint density at radius 1 is 1.21 bits per heavy atom. The minimum Gasteiger partial charge on any atom is -0.457 e. The highest BCUT2D eigenvalue weighted by molar-refractivity contribution is 7.87. The minimum absolute atomic E-state index is 0.595. The molecule has 0 amide bonds. The van der Waals surface area contributed by atoms with E-state index in [0.29, 0.717) is 19.3 Å². The van der Waals surface area contributed by atoms with Crippen LogP contribution in [0.1, 0.15) is 45.4 Å². The molecule has 6 nitrogen and oxygen atoms in total. The van der Waals surface area contributed by atoms with Crippen molar-refractivity contribution in [2.45, 2.75) is 62.2 Å². The molecule has 0 bridgehead atoms. The Morgan fingerprint density at radius 3 is 2.21 bits per heavy atom. The number of hydrogen-bond donors (Lipinski definition) is 1. The van der Waals surface area contributed by atoms with E-state index in [2.05, 4.69) is 4.74 Å². The first-order valence-electron chi connectivity index (χ1n) is 7.39. The predicted molar refractivity (Wildman–Crippen MR) is 74.5 cm³/mol. The smallest absolute Gasteiger partial charge is 0.431 e. The summed E-state index contributed by atoms with van der Waals surface area (Å²) in [4.78, 5) is 11.6. The largest absolute Gasteiger partial charge is 0.457 e. The molecule has 24 heavy (non-hydrogen) atoms. The fourth-order valence-corrected chi connectivity index (χ4v) is 2.99. The third-order valence-corrected chi connectivity index (χ3v) is 4.97. The van der Waals surface area contributed by atoms with Crippen molar-refractivity contribution in [3.05, 3.63) is 0 Å². The van der Waals surface area contributed by atoms with E-state index in [4.69, 9.17) is 9.29 Å². The Morgan fingerprint density at radius 2 is 1.75 bits per heavy atom. The number of carbonyl (C=O) groups excluding carboxylic acids is 1. The zero-order valence-corrected chi connectivity index (χ0v) is 13.9. The van der Waals surface area contributed by atoms with Gasteiger partial charge in [-0.2, -0.15) is 26.0 Å². The molecule has 1 rings (SSSR count). The van der Waals surface area contributed by atoms with E-state index in [1.807, 2.05) is 6.92 Å². The lowest BCUT2D eigenvalue weighted by atomic mass is 9.99. The topological polar surface area (TPSA) is 89.9 Å². The van der Waals surface area contributed by atoms with Crippen molar-refractivity contribution in [3.63, 3.8) is 0 Å². The third-order valence-electron chi connectivity index (χ3n) is 4.02. The molecule has 0 aromatic rings. The van der Waals surface area contributed by atoms with Gasteiger partial charge in [0.1, 0.15) is 12.2 Å². The summed E-state index contributed by atoms with van der Waals surface area (Å²) in [6.07, 6.45) is 2.09. The number of rotatable bonds is 9. The second-order valence-corrected chi connectivity index (χ2v) is 7.18. The van der Waals surface area contributed by atoms with Crippen molar-refractivity contribution in [2.24, 2.45) is 0 Å². The molecule has 1 saturated carbocycles. The van der Waals surface area contributed by atoms with Crippen LogP contribution in [0.15, 0.2) is 0 Å². The van der Waals surface area contributed by atoms with E-state index in [9.17, 15) is 30.8 Å². The van der Waals surface area contributed by atoms with Crippen LogP contribution < -0.4 is 0 Å². The van der Waals surface area contributed by atoms with Gasteiger partial charge in [-0.3, -0.25) is 4.55 Å². The molecule has 0 radical (unpaired) electrons. The van der Waals surface area contributed by atoms with Gasteiger partial charge in [0, 0.05) is 6.42 Å². The van der Waals surface area contributed by atoms with Gasteiger partial charge in [-0.15, -0.1) is 0 Å². The summed E-state index contributed by atoms with van der Waals surface area (Å²) in [7, 11) is -6.27. The summed E-state index contributed by atoms with van der Waals surface area (Å²) in [6.45, 7) is 0.124. The number of alkyl halides is 4. The van der Waals surface area contributed by atoms with Gasteiger partial charge in [0.2, 0.25) is 0 Å². The number of halogens is 4. The fraction of sp³-hybridized carbons (Fsp3) is 0.923. The van der Waals surface area contributed by atoms with E-state index in [1.165, 1.54) is 0 Å². The third kappa shape index (κ3) is 4.79. The Kier molecular flexibility index (Phi) is 6.62. The van der Waals surface area contributed by atoms with Crippen molar-refractivity contribution >= 4 is 16.1 Å². The normalized spacial score (nSPS) is 18.6. The first kappa shape index (κ1) is 21.1. The van der Waals surface area contributed by atoms with Crippen molar-refractivity contribution in [2.75, 3.05) is 13.2 Å². The molecular formula is C13H20F4O6S. The molecular weight excluding hydrogens is 360 g/mol. The van der Waals surface area contributed by atoms with Gasteiger partial charge in [-0.25, -0.2) is 4.79 Å². The van der Waals surface area contributed by atoms with Gasteiger partial charge in [-0.05, 0) is 32.1 Å². The Hall–Kier alpha value is -0.940. The lowest BCUT2D eigenvalue weighted by Crippen LogP contribution is -2.47. The van der Waals surface area contributed by atoms with Crippen molar-refractivity contribution in [1.29, 1.82) is 0 Å². The van der Waals surface area contributed by atoms with Crippen LogP contribution >= 0.6 is 0 Å². The zero-order chi connectivity index (χ0) is 18.6. The van der Waals surface area contributed by atoms with Crippen LogP contribution in [0.25, 0.3) is 0 Å². The molecule has 1 fully saturated rings. The van der Waals surface area contributed by atoms with E-state index < -0.39 is 52.5 Å². The number of hydrogen-bond acceptors (Lipinski definition) is 5. The maximum absolute atomic E-state index is 13.2. The first-order valence-corrected chi connectivity index (χ1v) is 8.83. The summed E-state index contributed by atoms with van der Waals surface area (Å²) in [6, 6.07) is 0. The second-order valence-electron chi connectivity index (χ2n) is 5.72. The minimum atomic E-state index is -6.27. The standard InChI is InChI=1S/C13H20F4O6S/c1-2-11(5-3-4-6-11)23-10(18)9-22-8-7-12(14,15)13(16,17)24(19,20)21/h2-9H2,1H3,(H,19,20,21). The Balaban J connectivity index is 2.44. The fourth-order valence-electron chi connectivity index (χ4n) is 2.51. The SMILES string of the molecule is CCC1(OC(=O)COCCC(F)(F)C(F)(F)S(=O)(=O)O)CCCC1. The van der Waals surface area contributed by atoms with Crippen molar-refractivity contribution in [3.8, 4) is 0 Å². The number of carbonyl (C=O) groups is 1. The van der Waals surface area contributed by atoms with Crippen LogP contribution in [0.5, 0.6) is 0 Å². The molecule has 11 heteroatoms. The molecule has 0 atom stereocenters. The zero-order valence-electron chi connectivity index (χ0n) is 13.1. The summed E-state index contributed by atoms with van der Waals surface area (Å²) >= 11 is 0. The Labute approximate surface area is 137 Å². The maximum Gasteiger partial charge on any atom is 0.431 e. The van der Waals surface area contributed by atoms with Crippen LogP contribution in [0.2, 0.25) is 0 Å². The van der Waals surface area contributed by atoms with Crippen molar-refractivity contribution < 1.29 is 44.8 Å². The molecule has 0 heterocycles. The maximum atomic E-state index is 13.2. The number of esters is 1. The monoisotopic (exact) mass is 380 g/mol. The van der Waals surface area contributed by atoms with Crippen LogP contribution in [0.3, 0.4) is 0 Å². The average molecular weight is 380 g/mol. The van der Waals surface area contributed by atoms with Gasteiger partial charge in [0.05, 0.1) is 6.61 Å². The van der Waals surface area contributed by atoms with Gasteiger partial charge < -0.3 is 9.47 Å². The molecule has 0 saturated heterocycles. The van der Waals surface area contributed by atoms with Gasteiger partial charge >= 0.3 is 27.3 Å². The van der Waals surface area contributed by atoms with Gasteiger partial charge in [0.15, 0.2) is 0 Å². The van der Waals surface area contributed by atoms with E-state index >= 15 is 0 Å². The van der Waals surface area contributed by atoms with Gasteiger partial charge in [-0.1, -0.05) is 6.92 Å². The quantitative estimate of drug-likeness (QED) is 0.286. The predicted octanol–water partition coefficient (Wildman–Crippen LogP) is 2.78. The molecule has 1 N–H and O–H groups in total. The molecule has 0 aromatic carbocycles. The van der Waals surface area contributed by atoms with E-state index in [0.717, 1.165) is 12.8 Å².